The van der Waals surface area contributed by atoms with E-state index >= 15 is 0 Å². The molecule has 3 nitrogen and oxygen atoms in total. The molecule has 1 N–H and O–H groups in total. The van der Waals surface area contributed by atoms with Gasteiger partial charge in [0.25, 0.3) is 0 Å². The number of nitrogens with zero attached hydrogens (tertiary/aromatic N) is 2. The molecule has 0 saturated carbocycles. The average Bonchev–Trinajstić information content (AvgIpc) is 2.81. The van der Waals surface area contributed by atoms with Crippen molar-refractivity contribution in [3.8, 4) is 0 Å². The van der Waals surface area contributed by atoms with Crippen LogP contribution in [-0.4, -0.2) is 15.8 Å². The first-order chi connectivity index (χ1) is 8.65. The van der Waals surface area contributed by atoms with Gasteiger partial charge in [-0.2, -0.15) is 5.10 Å². The highest BCUT2D eigenvalue weighted by molar-refractivity contribution is 5.19. The summed E-state index contributed by atoms with van der Waals surface area (Å²) in [6, 6.07) is 8.99. The van der Waals surface area contributed by atoms with Crippen molar-refractivity contribution in [1.82, 2.24) is 15.1 Å². The van der Waals surface area contributed by atoms with E-state index in [1.165, 1.54) is 6.07 Å². The number of halogens is 1. The molecule has 2 atom stereocenters. The number of hydrogen-bond donors (Lipinski definition) is 1. The molecular weight excluding hydrogens is 229 g/mol. The number of hydrogen-bond acceptors (Lipinski definition) is 2. The van der Waals surface area contributed by atoms with E-state index in [0.717, 1.165) is 12.1 Å². The molecule has 0 amide bonds. The van der Waals surface area contributed by atoms with Gasteiger partial charge in [0, 0.05) is 24.5 Å². The lowest BCUT2D eigenvalue weighted by Gasteiger charge is -2.20. The van der Waals surface area contributed by atoms with Crippen molar-refractivity contribution in [2.24, 2.45) is 0 Å². The topological polar surface area (TPSA) is 29.9 Å². The molecule has 0 aliphatic heterocycles. The van der Waals surface area contributed by atoms with Crippen molar-refractivity contribution < 1.29 is 4.39 Å². The van der Waals surface area contributed by atoms with Crippen LogP contribution < -0.4 is 5.32 Å². The molecule has 2 aromatic rings. The predicted molar refractivity (Wildman–Crippen MR) is 69.6 cm³/mol. The van der Waals surface area contributed by atoms with E-state index in [4.69, 9.17) is 0 Å². The lowest BCUT2D eigenvalue weighted by Crippen LogP contribution is -2.32. The molecule has 4 heteroatoms. The van der Waals surface area contributed by atoms with Crippen LogP contribution in [0, 0.1) is 5.82 Å². The molecule has 18 heavy (non-hydrogen) atoms. The molecule has 1 heterocycles. The van der Waals surface area contributed by atoms with E-state index < -0.39 is 0 Å². The summed E-state index contributed by atoms with van der Waals surface area (Å²) in [5, 5.41) is 7.60. The molecular formula is C14H18FN3. The molecule has 1 aromatic heterocycles. The molecule has 0 bridgehead atoms. The Morgan fingerprint density at radius 2 is 2.17 bits per heavy atom. The van der Waals surface area contributed by atoms with Crippen LogP contribution in [0.1, 0.15) is 25.5 Å². The van der Waals surface area contributed by atoms with Crippen molar-refractivity contribution in [3.05, 3.63) is 54.1 Å². The maximum atomic E-state index is 13.1. The van der Waals surface area contributed by atoms with Gasteiger partial charge in [-0.1, -0.05) is 12.1 Å². The van der Waals surface area contributed by atoms with E-state index in [2.05, 4.69) is 17.3 Å². The Kier molecular flexibility index (Phi) is 4.10. The lowest BCUT2D eigenvalue weighted by atomic mass is 10.1. The van der Waals surface area contributed by atoms with Gasteiger partial charge in [0.1, 0.15) is 5.82 Å². The number of rotatable bonds is 5. The van der Waals surface area contributed by atoms with Crippen LogP contribution in [0.3, 0.4) is 0 Å². The number of benzene rings is 1. The summed E-state index contributed by atoms with van der Waals surface area (Å²) < 4.78 is 15.0. The Bertz CT molecular complexity index is 482. The first-order valence-corrected chi connectivity index (χ1v) is 6.14. The summed E-state index contributed by atoms with van der Waals surface area (Å²) in [5.41, 5.74) is 0.960. The van der Waals surface area contributed by atoms with Crippen LogP contribution in [0.25, 0.3) is 0 Å². The highest BCUT2D eigenvalue weighted by Crippen LogP contribution is 2.14. The maximum absolute atomic E-state index is 13.1. The van der Waals surface area contributed by atoms with Gasteiger partial charge >= 0.3 is 0 Å². The van der Waals surface area contributed by atoms with E-state index in [1.807, 2.05) is 29.9 Å². The smallest absolute Gasteiger partial charge is 0.123 e. The number of aromatic nitrogens is 2. The van der Waals surface area contributed by atoms with Crippen molar-refractivity contribution in [2.45, 2.75) is 32.5 Å². The molecule has 96 valence electrons. The van der Waals surface area contributed by atoms with E-state index in [9.17, 15) is 4.39 Å². The molecule has 0 aliphatic rings. The standard InChI is InChI=1S/C14H18FN3/c1-11(10-18-8-4-7-16-18)17-12(2)13-5-3-6-14(15)9-13/h3-9,11-12,17H,10H2,1-2H3. The van der Waals surface area contributed by atoms with Crippen LogP contribution in [0.2, 0.25) is 0 Å². The minimum Gasteiger partial charge on any atom is -0.306 e. The van der Waals surface area contributed by atoms with E-state index in [0.29, 0.717) is 0 Å². The highest BCUT2D eigenvalue weighted by atomic mass is 19.1. The first-order valence-electron chi connectivity index (χ1n) is 6.14. The molecule has 0 spiro atoms. The third-order valence-electron chi connectivity index (χ3n) is 2.90. The monoisotopic (exact) mass is 247 g/mol. The zero-order valence-electron chi connectivity index (χ0n) is 10.7. The maximum Gasteiger partial charge on any atom is 0.123 e. The van der Waals surface area contributed by atoms with Crippen LogP contribution in [0.5, 0.6) is 0 Å². The first kappa shape index (κ1) is 12.8. The summed E-state index contributed by atoms with van der Waals surface area (Å²) in [5.74, 6) is -0.194. The Morgan fingerprint density at radius 1 is 1.33 bits per heavy atom. The summed E-state index contributed by atoms with van der Waals surface area (Å²) in [6.07, 6.45) is 3.70. The normalized spacial score (nSPS) is 14.4. The van der Waals surface area contributed by atoms with Crippen molar-refractivity contribution in [1.29, 1.82) is 0 Å². The minimum atomic E-state index is -0.194. The Morgan fingerprint density at radius 3 is 2.83 bits per heavy atom. The lowest BCUT2D eigenvalue weighted by molar-refractivity contribution is 0.412. The SMILES string of the molecule is CC(Cn1cccn1)NC(C)c1cccc(F)c1. The molecule has 2 unspecified atom stereocenters. The summed E-state index contributed by atoms with van der Waals surface area (Å²) in [7, 11) is 0. The van der Waals surface area contributed by atoms with Gasteiger partial charge in [-0.25, -0.2) is 4.39 Å². The quantitative estimate of drug-likeness (QED) is 0.880. The van der Waals surface area contributed by atoms with Gasteiger partial charge in [0.05, 0.1) is 6.54 Å². The van der Waals surface area contributed by atoms with Gasteiger partial charge in [0.15, 0.2) is 0 Å². The summed E-state index contributed by atoms with van der Waals surface area (Å²) in [4.78, 5) is 0. The molecule has 0 saturated heterocycles. The fourth-order valence-corrected chi connectivity index (χ4v) is 2.04. The third-order valence-corrected chi connectivity index (χ3v) is 2.90. The Labute approximate surface area is 107 Å². The molecule has 0 aliphatic carbocycles. The molecule has 0 radical (unpaired) electrons. The van der Waals surface area contributed by atoms with Crippen molar-refractivity contribution in [3.63, 3.8) is 0 Å². The zero-order valence-corrected chi connectivity index (χ0v) is 10.7. The van der Waals surface area contributed by atoms with Crippen LogP contribution in [-0.2, 0) is 6.54 Å². The molecule has 2 rings (SSSR count). The molecule has 1 aromatic carbocycles. The second kappa shape index (κ2) is 5.78. The van der Waals surface area contributed by atoms with Crippen LogP contribution >= 0.6 is 0 Å². The predicted octanol–water partition coefficient (Wildman–Crippen LogP) is 2.76. The zero-order chi connectivity index (χ0) is 13.0. The van der Waals surface area contributed by atoms with Crippen LogP contribution in [0.15, 0.2) is 42.7 Å². The Hall–Kier alpha value is -1.68. The second-order valence-corrected chi connectivity index (χ2v) is 4.57. The van der Waals surface area contributed by atoms with E-state index in [-0.39, 0.29) is 17.9 Å². The average molecular weight is 247 g/mol. The van der Waals surface area contributed by atoms with Crippen molar-refractivity contribution >= 4 is 0 Å². The van der Waals surface area contributed by atoms with Gasteiger partial charge in [-0.15, -0.1) is 0 Å². The largest absolute Gasteiger partial charge is 0.306 e. The highest BCUT2D eigenvalue weighted by Gasteiger charge is 2.10. The summed E-state index contributed by atoms with van der Waals surface area (Å²) in [6.45, 7) is 4.93. The minimum absolute atomic E-state index is 0.117. The summed E-state index contributed by atoms with van der Waals surface area (Å²) >= 11 is 0. The fraction of sp³-hybridized carbons (Fsp3) is 0.357. The number of nitrogens with one attached hydrogen (secondary N) is 1. The van der Waals surface area contributed by atoms with E-state index in [1.54, 1.807) is 18.3 Å². The van der Waals surface area contributed by atoms with Gasteiger partial charge in [0.2, 0.25) is 0 Å². The third kappa shape index (κ3) is 3.40. The second-order valence-electron chi connectivity index (χ2n) is 4.57. The van der Waals surface area contributed by atoms with Gasteiger partial charge in [-0.3, -0.25) is 4.68 Å². The Balaban J connectivity index is 1.92. The van der Waals surface area contributed by atoms with Crippen LogP contribution in [0.4, 0.5) is 4.39 Å². The fourth-order valence-electron chi connectivity index (χ4n) is 2.04. The van der Waals surface area contributed by atoms with Gasteiger partial charge in [-0.05, 0) is 37.6 Å². The van der Waals surface area contributed by atoms with Crippen molar-refractivity contribution in [2.75, 3.05) is 0 Å². The molecule has 0 fully saturated rings. The van der Waals surface area contributed by atoms with Gasteiger partial charge < -0.3 is 5.32 Å².